The molecule has 29 nitrogen and oxygen atoms in total. The molecule has 9 atom stereocenters. The van der Waals surface area contributed by atoms with E-state index < -0.39 is 125 Å². The topological polar surface area (TPSA) is 459 Å². The van der Waals surface area contributed by atoms with Crippen molar-refractivity contribution in [2.24, 2.45) is 11.5 Å². The van der Waals surface area contributed by atoms with Crippen LogP contribution >= 0.6 is 25.3 Å². The highest BCUT2D eigenvalue weighted by molar-refractivity contribution is 7.80. The number of carbonyl (C=O) groups excluding carboxylic acids is 11. The molecule has 2 aromatic heterocycles. The number of esters is 1. The summed E-state index contributed by atoms with van der Waals surface area (Å²) < 4.78 is 12.3. The third-order valence-electron chi connectivity index (χ3n) is 20.0. The first kappa shape index (κ1) is 82.8. The number of benzene rings is 7. The molecule has 0 aliphatic carbocycles. The molecule has 7 aromatic carbocycles. The number of aromatic hydroxyl groups is 2. The highest BCUT2D eigenvalue weighted by Gasteiger charge is 2.56. The van der Waals surface area contributed by atoms with Crippen LogP contribution in [0.4, 0.5) is 0 Å². The second kappa shape index (κ2) is 38.4. The van der Waals surface area contributed by atoms with Gasteiger partial charge in [0.15, 0.2) is 5.60 Å². The van der Waals surface area contributed by atoms with Crippen LogP contribution in [-0.2, 0) is 79.2 Å². The summed E-state index contributed by atoms with van der Waals surface area (Å²) in [5, 5.41) is 58.3. The van der Waals surface area contributed by atoms with E-state index in [1.165, 1.54) is 61.5 Å². The molecule has 114 heavy (non-hydrogen) atoms. The van der Waals surface area contributed by atoms with Crippen LogP contribution in [0.5, 0.6) is 23.0 Å². The summed E-state index contributed by atoms with van der Waals surface area (Å²) in [6, 6.07) is 33.5. The number of ether oxygens (including phenoxy) is 2. The number of aromatic amines is 2. The van der Waals surface area contributed by atoms with E-state index in [1.807, 2.05) is 36.4 Å². The summed E-state index contributed by atoms with van der Waals surface area (Å²) in [6.45, 7) is 1.38. The van der Waals surface area contributed by atoms with Crippen molar-refractivity contribution in [2.75, 3.05) is 24.6 Å². The molecule has 4 heterocycles. The number of phenolic OH excluding ortho intramolecular Hbond substituents is 2. The van der Waals surface area contributed by atoms with Crippen LogP contribution in [0.2, 0.25) is 0 Å². The van der Waals surface area contributed by atoms with Crippen molar-refractivity contribution in [3.05, 3.63) is 226 Å². The first-order chi connectivity index (χ1) is 55.0. The second-order valence-corrected chi connectivity index (χ2v) is 28.9. The number of carbonyl (C=O) groups is 11. The molecule has 0 saturated carbocycles. The van der Waals surface area contributed by atoms with Crippen LogP contribution in [-0.4, -0.2) is 169 Å². The van der Waals surface area contributed by atoms with Crippen LogP contribution in [0.15, 0.2) is 176 Å². The molecule has 18 N–H and O–H groups in total. The van der Waals surface area contributed by atoms with Crippen LogP contribution in [0.25, 0.3) is 21.8 Å². The molecule has 0 fully saturated rings. The van der Waals surface area contributed by atoms with Crippen LogP contribution in [0, 0.1) is 0 Å². The minimum absolute atomic E-state index is 0.0129. The van der Waals surface area contributed by atoms with Crippen molar-refractivity contribution >= 4 is 112 Å². The summed E-state index contributed by atoms with van der Waals surface area (Å²) >= 11 is 8.60. The lowest BCUT2D eigenvalue weighted by atomic mass is 9.75. The Morgan fingerprint density at radius 3 is 1.46 bits per heavy atom. The maximum atomic E-state index is 15.6. The fraction of sp³-hybridized carbons (Fsp3) is 0.313. The van der Waals surface area contributed by atoms with Gasteiger partial charge in [-0.25, -0.2) is 4.79 Å². The number of H-pyrrole nitrogens is 2. The van der Waals surface area contributed by atoms with Crippen molar-refractivity contribution in [3.63, 3.8) is 0 Å². The largest absolute Gasteiger partial charge is 0.508 e. The van der Waals surface area contributed by atoms with Gasteiger partial charge in [-0.2, -0.15) is 25.3 Å². The van der Waals surface area contributed by atoms with E-state index in [9.17, 15) is 53.7 Å². The van der Waals surface area contributed by atoms with E-state index >= 15 is 14.4 Å². The number of hydrogen-bond donors (Lipinski definition) is 18. The number of aromatic nitrogens is 2. The number of nitrogens with one attached hydrogen (secondary N) is 11. The number of amides is 10. The molecule has 2 aliphatic heterocycles. The van der Waals surface area contributed by atoms with Gasteiger partial charge in [-0.1, -0.05) is 103 Å². The Kier molecular flexibility index (Phi) is 27.8. The van der Waals surface area contributed by atoms with Gasteiger partial charge >= 0.3 is 5.97 Å². The van der Waals surface area contributed by atoms with Crippen molar-refractivity contribution in [1.82, 2.24) is 57.8 Å². The number of nitrogens with two attached hydrogens (primary N) is 2. The number of unbranched alkanes of at least 4 members (excludes halogenated alkanes) is 1. The Hall–Kier alpha value is -12.2. The van der Waals surface area contributed by atoms with Gasteiger partial charge in [0.05, 0.1) is 11.7 Å². The zero-order valence-corrected chi connectivity index (χ0v) is 64.0. The predicted octanol–water partition coefficient (Wildman–Crippen LogP) is 4.62. The smallest absolute Gasteiger partial charge is 0.340 e. The summed E-state index contributed by atoms with van der Waals surface area (Å²) in [7, 11) is 0. The molecule has 9 aromatic rings. The summed E-state index contributed by atoms with van der Waals surface area (Å²) in [5.41, 5.74) is 14.5. The normalized spacial score (nSPS) is 14.7. The van der Waals surface area contributed by atoms with Crippen molar-refractivity contribution in [3.8, 4) is 23.0 Å². The number of rotatable bonds is 38. The van der Waals surface area contributed by atoms with Gasteiger partial charge in [0.2, 0.25) is 53.2 Å². The maximum Gasteiger partial charge on any atom is 0.340 e. The van der Waals surface area contributed by atoms with Crippen LogP contribution < -0.4 is 64.1 Å². The van der Waals surface area contributed by atoms with Crippen LogP contribution in [0.3, 0.4) is 0 Å². The predicted molar refractivity (Wildman–Crippen MR) is 430 cm³/mol. The minimum atomic E-state index is -1.75. The Morgan fingerprint density at radius 1 is 0.500 bits per heavy atom. The fourth-order valence-electron chi connectivity index (χ4n) is 14.2. The van der Waals surface area contributed by atoms with Gasteiger partial charge in [0.1, 0.15) is 71.3 Å². The summed E-state index contributed by atoms with van der Waals surface area (Å²) in [5.74, 6) is -8.68. The van der Waals surface area contributed by atoms with E-state index in [0.717, 1.165) is 0 Å². The van der Waals surface area contributed by atoms with Crippen molar-refractivity contribution in [2.45, 2.75) is 138 Å². The molecular weight excluding hydrogens is 1500 g/mol. The minimum Gasteiger partial charge on any atom is -0.508 e. The number of aliphatic hydroxyl groups is 1. The third-order valence-corrected chi connectivity index (χ3v) is 20.5. The van der Waals surface area contributed by atoms with E-state index in [1.54, 1.807) is 85.2 Å². The molecule has 10 amide bonds. The quantitative estimate of drug-likeness (QED) is 0.0143. The zero-order valence-electron chi connectivity index (χ0n) is 62.2. The fourth-order valence-corrected chi connectivity index (χ4v) is 14.7. The zero-order chi connectivity index (χ0) is 81.2. The Balaban J connectivity index is 0.811. The molecule has 0 bridgehead atoms. The summed E-state index contributed by atoms with van der Waals surface area (Å²) in [4.78, 5) is 165. The average molecular weight is 1590 g/mol. The Labute approximate surface area is 666 Å². The van der Waals surface area contributed by atoms with E-state index in [0.29, 0.717) is 61.6 Å². The number of fused-ring (bicyclic) bond motifs is 8. The van der Waals surface area contributed by atoms with Crippen molar-refractivity contribution < 1.29 is 77.5 Å². The molecule has 596 valence electrons. The van der Waals surface area contributed by atoms with E-state index in [-0.39, 0.29) is 128 Å². The number of primary amides is 1. The molecule has 0 radical (unpaired) electrons. The first-order valence-corrected chi connectivity index (χ1v) is 38.7. The Bertz CT molecular complexity index is 4970. The van der Waals surface area contributed by atoms with Gasteiger partial charge in [0, 0.05) is 107 Å². The van der Waals surface area contributed by atoms with Gasteiger partial charge in [-0.3, -0.25) is 47.9 Å². The lowest BCUT2D eigenvalue weighted by molar-refractivity contribution is -0.137. The molecule has 2 aliphatic rings. The third kappa shape index (κ3) is 20.0. The molecule has 11 rings (SSSR count). The lowest BCUT2D eigenvalue weighted by Crippen LogP contribution is -2.62. The highest BCUT2D eigenvalue weighted by atomic mass is 32.1. The van der Waals surface area contributed by atoms with E-state index in [4.69, 9.17) is 20.9 Å². The molecular formula is C83H91N13O16S2. The summed E-state index contributed by atoms with van der Waals surface area (Å²) in [6.07, 6.45) is 1.67. The second-order valence-electron chi connectivity index (χ2n) is 28.1. The van der Waals surface area contributed by atoms with E-state index in [2.05, 4.69) is 83.1 Å². The maximum absolute atomic E-state index is 15.6. The standard InChI is InChI=1S/C83H91N13O16S2/c1-46(97)72(81(109)95-65(39-48-18-6-3-7-19-48)77(105)90-61(32-36-113)73(85)101)96-76(104)62(26-12-13-34-84)91-79(107)66(40-49-44-87-59-24-10-8-20-53(49)59)94-80(108)67(41-50-45-88-60-25-11-9-21-54(50)60)93-78(106)64(38-47-16-4-2-5-17-47)92-75(103)63(33-37-114)89-70(100)27-15-35-86-74(102)55-22-14-23-56-71(55)83(112-82(56)110)57-30-28-51(98)42-68(57)111-69-43-52(99)29-31-58(69)83/h2-11,14,16-25,28-31,42-46,61-67,72,87-88,97-99,113-114H,12-13,15,26-27,32-41,84H2,1H3,(H2,85,101)(H,86,102)(H,89,100)(H,90,105)(H,91,107)(H,92,103)(H,93,106)(H,94,108)(H,95,109)(H,96,104)/t46-,61+,62+,63+,64+,65+,66-,67+,72+/m1/s1. The number of thiol groups is 2. The molecule has 0 unspecified atom stereocenters. The molecule has 1 spiro atoms. The number of phenols is 2. The van der Waals surface area contributed by atoms with Gasteiger partial charge in [0.25, 0.3) is 5.91 Å². The SMILES string of the molecule is C[C@@H](O)[C@H](NC(=O)[C@H](CCCCN)NC(=O)[C@@H](Cc1c[nH]c2ccccc12)NC(=O)[C@H](Cc1c[nH]c2ccccc12)NC(=O)[C@H](Cc1ccccc1)NC(=O)[C@H](CCS)NC(=O)CCCNC(=O)c1cccc2c1C1(OC2=O)c2ccc(O)cc2Oc2cc(O)ccc21)C(=O)N[C@@H](Cc1ccccc1)C(=O)N[C@@H](CCS)C(N)=O. The van der Waals surface area contributed by atoms with Gasteiger partial charge < -0.3 is 94.1 Å². The molecule has 31 heteroatoms. The highest BCUT2D eigenvalue weighted by Crippen LogP contribution is 2.58. The van der Waals surface area contributed by atoms with Crippen LogP contribution in [0.1, 0.15) is 112 Å². The Morgan fingerprint density at radius 2 is 0.956 bits per heavy atom. The average Bonchev–Trinajstić information content (AvgIpc) is 1.48. The number of aliphatic hydroxyl groups excluding tert-OH is 1. The number of para-hydroxylation sites is 2. The molecule has 0 saturated heterocycles. The van der Waals surface area contributed by atoms with Gasteiger partial charge in [-0.15, -0.1) is 0 Å². The monoisotopic (exact) mass is 1590 g/mol. The van der Waals surface area contributed by atoms with Gasteiger partial charge in [-0.05, 0) is 134 Å². The number of hydrogen-bond acceptors (Lipinski definition) is 19. The first-order valence-electron chi connectivity index (χ1n) is 37.5. The van der Waals surface area contributed by atoms with Crippen molar-refractivity contribution in [1.29, 1.82) is 0 Å². The lowest BCUT2D eigenvalue weighted by Gasteiger charge is -2.37.